The Hall–Kier alpha value is -0.860. The van der Waals surface area contributed by atoms with E-state index in [-0.39, 0.29) is 11.7 Å². The topological polar surface area (TPSA) is 29.5 Å². The molecule has 5 atom stereocenters. The molecule has 0 aromatic heterocycles. The molecule has 3 saturated carbocycles. The van der Waals surface area contributed by atoms with Gasteiger partial charge in [0.1, 0.15) is 0 Å². The van der Waals surface area contributed by atoms with Crippen LogP contribution >= 0.6 is 0 Å². The summed E-state index contributed by atoms with van der Waals surface area (Å²) in [6.07, 6.45) is 17.7. The number of aliphatic hydroxyl groups is 1. The third-order valence-electron chi connectivity index (χ3n) is 8.94. The Morgan fingerprint density at radius 2 is 2.00 bits per heavy atom. The average Bonchev–Trinajstić information content (AvgIpc) is 3.06. The van der Waals surface area contributed by atoms with E-state index in [1.54, 1.807) is 5.57 Å². The minimum absolute atomic E-state index is 0.00907. The monoisotopic (exact) mass is 414 g/mol. The third kappa shape index (κ3) is 5.30. The average molecular weight is 415 g/mol. The van der Waals surface area contributed by atoms with Crippen LogP contribution in [0.25, 0.3) is 0 Å². The summed E-state index contributed by atoms with van der Waals surface area (Å²) in [4.78, 5) is 0. The second-order valence-electron chi connectivity index (χ2n) is 11.4. The second kappa shape index (κ2) is 9.74. The van der Waals surface area contributed by atoms with Crippen molar-refractivity contribution in [2.24, 2.45) is 23.2 Å². The molecule has 5 unspecified atom stereocenters. The SMILES string of the molecule is C=C1CCC(=CC=C2CCCC3(C)C2CCC3C(C)CCCC(C)(C)OC)CC1O. The Balaban J connectivity index is 1.64. The molecule has 0 spiro atoms. The summed E-state index contributed by atoms with van der Waals surface area (Å²) in [5.74, 6) is 2.41. The van der Waals surface area contributed by atoms with Gasteiger partial charge in [0.2, 0.25) is 0 Å². The molecule has 3 aliphatic carbocycles. The van der Waals surface area contributed by atoms with E-state index in [0.717, 1.165) is 49.0 Å². The zero-order valence-electron chi connectivity index (χ0n) is 20.3. The molecule has 0 aliphatic heterocycles. The number of aliphatic hydroxyl groups excluding tert-OH is 1. The van der Waals surface area contributed by atoms with Gasteiger partial charge in [-0.15, -0.1) is 0 Å². The first-order valence-corrected chi connectivity index (χ1v) is 12.5. The number of methoxy groups -OCH3 is 1. The summed E-state index contributed by atoms with van der Waals surface area (Å²) in [7, 11) is 1.83. The fraction of sp³-hybridized carbons (Fsp3) is 0.786. The van der Waals surface area contributed by atoms with E-state index in [1.165, 1.54) is 50.5 Å². The summed E-state index contributed by atoms with van der Waals surface area (Å²) < 4.78 is 5.62. The van der Waals surface area contributed by atoms with Crippen LogP contribution in [-0.4, -0.2) is 23.9 Å². The Labute approximate surface area is 185 Å². The lowest BCUT2D eigenvalue weighted by Crippen LogP contribution is -2.36. The highest BCUT2D eigenvalue weighted by Gasteiger charge is 2.50. The molecule has 0 saturated heterocycles. The van der Waals surface area contributed by atoms with Crippen LogP contribution in [-0.2, 0) is 4.74 Å². The van der Waals surface area contributed by atoms with Crippen LogP contribution in [0.4, 0.5) is 0 Å². The first-order valence-electron chi connectivity index (χ1n) is 12.5. The summed E-state index contributed by atoms with van der Waals surface area (Å²) in [6.45, 7) is 13.5. The number of allylic oxidation sites excluding steroid dienone is 3. The maximum Gasteiger partial charge on any atom is 0.0784 e. The predicted molar refractivity (Wildman–Crippen MR) is 127 cm³/mol. The van der Waals surface area contributed by atoms with E-state index in [2.05, 4.69) is 46.4 Å². The highest BCUT2D eigenvalue weighted by molar-refractivity contribution is 5.28. The predicted octanol–water partition coefficient (Wildman–Crippen LogP) is 7.39. The first-order chi connectivity index (χ1) is 14.2. The van der Waals surface area contributed by atoms with Crippen molar-refractivity contribution in [1.82, 2.24) is 0 Å². The maximum atomic E-state index is 10.1. The number of rotatable bonds is 7. The van der Waals surface area contributed by atoms with Crippen molar-refractivity contribution in [1.29, 1.82) is 0 Å². The molecule has 170 valence electrons. The summed E-state index contributed by atoms with van der Waals surface area (Å²) in [6, 6.07) is 0. The van der Waals surface area contributed by atoms with E-state index in [4.69, 9.17) is 4.74 Å². The van der Waals surface area contributed by atoms with Gasteiger partial charge in [-0.2, -0.15) is 0 Å². The molecule has 2 nitrogen and oxygen atoms in total. The van der Waals surface area contributed by atoms with Crippen molar-refractivity contribution in [2.45, 2.75) is 110 Å². The molecular formula is C28H46O2. The molecule has 0 radical (unpaired) electrons. The Kier molecular flexibility index (Phi) is 7.72. The van der Waals surface area contributed by atoms with Crippen LogP contribution in [0.15, 0.2) is 35.5 Å². The number of ether oxygens (including phenoxy) is 1. The number of fused-ring (bicyclic) bond motifs is 1. The summed E-state index contributed by atoms with van der Waals surface area (Å²) in [5, 5.41) is 10.1. The van der Waals surface area contributed by atoms with Crippen LogP contribution in [0, 0.1) is 23.2 Å². The van der Waals surface area contributed by atoms with Gasteiger partial charge >= 0.3 is 0 Å². The normalized spacial score (nSPS) is 36.3. The fourth-order valence-corrected chi connectivity index (χ4v) is 6.73. The van der Waals surface area contributed by atoms with Gasteiger partial charge in [0.25, 0.3) is 0 Å². The van der Waals surface area contributed by atoms with Gasteiger partial charge in [0.05, 0.1) is 11.7 Å². The first kappa shape index (κ1) is 23.8. The van der Waals surface area contributed by atoms with E-state index in [9.17, 15) is 5.11 Å². The second-order valence-corrected chi connectivity index (χ2v) is 11.4. The van der Waals surface area contributed by atoms with Crippen molar-refractivity contribution in [2.75, 3.05) is 7.11 Å². The van der Waals surface area contributed by atoms with Gasteiger partial charge in [-0.1, -0.05) is 56.6 Å². The smallest absolute Gasteiger partial charge is 0.0784 e. The lowest BCUT2D eigenvalue weighted by atomic mass is 9.60. The van der Waals surface area contributed by atoms with Crippen LogP contribution in [0.5, 0.6) is 0 Å². The van der Waals surface area contributed by atoms with E-state index < -0.39 is 0 Å². The zero-order chi connectivity index (χ0) is 21.9. The Morgan fingerprint density at radius 3 is 2.70 bits per heavy atom. The highest BCUT2D eigenvalue weighted by atomic mass is 16.5. The quantitative estimate of drug-likeness (QED) is 0.440. The summed E-state index contributed by atoms with van der Waals surface area (Å²) in [5.41, 5.74) is 4.57. The van der Waals surface area contributed by atoms with Crippen molar-refractivity contribution >= 4 is 0 Å². The number of hydrogen-bond donors (Lipinski definition) is 1. The van der Waals surface area contributed by atoms with Crippen LogP contribution in [0.3, 0.4) is 0 Å². The lowest BCUT2D eigenvalue weighted by Gasteiger charge is -2.44. The van der Waals surface area contributed by atoms with Crippen molar-refractivity contribution < 1.29 is 9.84 Å². The minimum Gasteiger partial charge on any atom is -0.388 e. The standard InChI is InChI=1S/C28H46O2/c1-20(9-7-17-27(3,4)30-6)24-15-16-25-23(10-8-18-28(24,25)5)14-13-22-12-11-21(2)26(29)19-22/h13-14,20,24-26,29H,2,7-12,15-19H2,1,3-6H3. The molecule has 0 aromatic rings. The van der Waals surface area contributed by atoms with Gasteiger partial charge in [0.15, 0.2) is 0 Å². The maximum absolute atomic E-state index is 10.1. The van der Waals surface area contributed by atoms with Crippen molar-refractivity contribution in [3.8, 4) is 0 Å². The Morgan fingerprint density at radius 1 is 1.23 bits per heavy atom. The molecule has 2 heteroatoms. The van der Waals surface area contributed by atoms with Crippen LogP contribution in [0.2, 0.25) is 0 Å². The fourth-order valence-electron chi connectivity index (χ4n) is 6.73. The number of hydrogen-bond acceptors (Lipinski definition) is 2. The van der Waals surface area contributed by atoms with E-state index in [1.807, 2.05) is 7.11 Å². The third-order valence-corrected chi connectivity index (χ3v) is 8.94. The van der Waals surface area contributed by atoms with Crippen molar-refractivity contribution in [3.63, 3.8) is 0 Å². The van der Waals surface area contributed by atoms with Gasteiger partial charge in [-0.05, 0) is 100 Å². The molecule has 0 bridgehead atoms. The molecule has 3 aliphatic rings. The molecule has 0 heterocycles. The largest absolute Gasteiger partial charge is 0.388 e. The highest BCUT2D eigenvalue weighted by Crippen LogP contribution is 2.60. The molecule has 0 aromatic carbocycles. The summed E-state index contributed by atoms with van der Waals surface area (Å²) >= 11 is 0. The molecule has 3 fully saturated rings. The van der Waals surface area contributed by atoms with Crippen molar-refractivity contribution in [3.05, 3.63) is 35.5 Å². The molecule has 1 N–H and O–H groups in total. The lowest BCUT2D eigenvalue weighted by molar-refractivity contribution is 0.0108. The van der Waals surface area contributed by atoms with Gasteiger partial charge in [0, 0.05) is 7.11 Å². The Bertz CT molecular complexity index is 670. The minimum atomic E-state index is -0.334. The zero-order valence-corrected chi connectivity index (χ0v) is 20.3. The van der Waals surface area contributed by atoms with Crippen LogP contribution in [0.1, 0.15) is 98.3 Å². The molecule has 0 amide bonds. The van der Waals surface area contributed by atoms with E-state index >= 15 is 0 Å². The van der Waals surface area contributed by atoms with Gasteiger partial charge < -0.3 is 9.84 Å². The molecule has 3 rings (SSSR count). The van der Waals surface area contributed by atoms with Crippen LogP contribution < -0.4 is 0 Å². The van der Waals surface area contributed by atoms with Gasteiger partial charge in [-0.3, -0.25) is 0 Å². The molecule has 30 heavy (non-hydrogen) atoms. The van der Waals surface area contributed by atoms with Gasteiger partial charge in [-0.25, -0.2) is 0 Å². The van der Waals surface area contributed by atoms with E-state index in [0.29, 0.717) is 5.41 Å². The molecular weight excluding hydrogens is 368 g/mol.